The maximum Gasteiger partial charge on any atom is 0.143 e. The zero-order chi connectivity index (χ0) is 7.84. The monoisotopic (exact) mass is 152 g/mol. The topological polar surface area (TPSA) is 41.5 Å². The van der Waals surface area contributed by atoms with Gasteiger partial charge in [0.05, 0.1) is 12.0 Å². The predicted molar refractivity (Wildman–Crippen MR) is 42.4 cm³/mol. The summed E-state index contributed by atoms with van der Waals surface area (Å²) in [6, 6.07) is 0.316. The maximum atomic E-state index is 11.4. The summed E-state index contributed by atoms with van der Waals surface area (Å²) in [6.45, 7) is 1.93. The number of nitrogens with zero attached hydrogens (tertiary/aromatic N) is 1. The molecule has 1 aliphatic carbocycles. The maximum absolute atomic E-state index is 11.4. The smallest absolute Gasteiger partial charge is 0.143 e. The van der Waals surface area contributed by atoms with E-state index in [2.05, 4.69) is 10.5 Å². The molecule has 11 heavy (non-hydrogen) atoms. The Labute approximate surface area is 65.9 Å². The molecule has 2 rings (SSSR count). The summed E-state index contributed by atoms with van der Waals surface area (Å²) in [4.78, 5) is 11.4. The van der Waals surface area contributed by atoms with Gasteiger partial charge in [0.1, 0.15) is 5.78 Å². The fourth-order valence-corrected chi connectivity index (χ4v) is 1.96. The lowest BCUT2D eigenvalue weighted by Gasteiger charge is -2.23. The van der Waals surface area contributed by atoms with Crippen molar-refractivity contribution >= 4 is 11.5 Å². The summed E-state index contributed by atoms with van der Waals surface area (Å²) < 4.78 is 0. The van der Waals surface area contributed by atoms with Crippen LogP contribution in [0, 0.1) is 5.92 Å². The molecule has 0 bridgehead atoms. The molecule has 3 nitrogen and oxygen atoms in total. The Kier molecular flexibility index (Phi) is 1.44. The minimum Gasteiger partial charge on any atom is -0.306 e. The lowest BCUT2D eigenvalue weighted by Crippen LogP contribution is -2.38. The summed E-state index contributed by atoms with van der Waals surface area (Å²) in [6.07, 6.45) is 2.86. The average molecular weight is 152 g/mol. The molecule has 1 aliphatic heterocycles. The SMILES string of the molecule is CC1=NN[C@H]2CCCC(=O)[C@@H]12. The highest BCUT2D eigenvalue weighted by Crippen LogP contribution is 2.25. The molecule has 0 spiro atoms. The number of hydrogen-bond acceptors (Lipinski definition) is 3. The first kappa shape index (κ1) is 6.83. The molecule has 0 aromatic rings. The standard InChI is InChI=1S/C8H12N2O/c1-5-8-6(10-9-5)3-2-4-7(8)11/h6,8,10H,2-4H2,1H3/t6-,8-/m0/s1. The Morgan fingerprint density at radius 2 is 2.45 bits per heavy atom. The average Bonchev–Trinajstić information content (AvgIpc) is 2.34. The number of hydrazone groups is 1. The zero-order valence-corrected chi connectivity index (χ0v) is 6.63. The highest BCUT2D eigenvalue weighted by Gasteiger charge is 2.37. The van der Waals surface area contributed by atoms with Crippen LogP contribution in [0.5, 0.6) is 0 Å². The van der Waals surface area contributed by atoms with E-state index in [1.54, 1.807) is 0 Å². The third-order valence-electron chi connectivity index (χ3n) is 2.54. The number of ketones is 1. The highest BCUT2D eigenvalue weighted by atomic mass is 16.1. The van der Waals surface area contributed by atoms with Crippen molar-refractivity contribution in [1.29, 1.82) is 0 Å². The molecule has 0 amide bonds. The Morgan fingerprint density at radius 1 is 1.64 bits per heavy atom. The van der Waals surface area contributed by atoms with E-state index in [1.165, 1.54) is 0 Å². The fourth-order valence-electron chi connectivity index (χ4n) is 1.96. The number of carbonyl (C=O) groups excluding carboxylic acids is 1. The summed E-state index contributed by atoms with van der Waals surface area (Å²) in [5.74, 6) is 0.469. The lowest BCUT2D eigenvalue weighted by atomic mass is 9.82. The number of carbonyl (C=O) groups is 1. The number of rotatable bonds is 0. The molecule has 1 heterocycles. The van der Waals surface area contributed by atoms with E-state index in [-0.39, 0.29) is 5.92 Å². The number of fused-ring (bicyclic) bond motifs is 1. The van der Waals surface area contributed by atoms with Gasteiger partial charge >= 0.3 is 0 Å². The summed E-state index contributed by atoms with van der Waals surface area (Å²) in [5, 5.41) is 4.08. The van der Waals surface area contributed by atoms with Crippen molar-refractivity contribution < 1.29 is 4.79 Å². The molecule has 1 fully saturated rings. The molecule has 0 saturated heterocycles. The van der Waals surface area contributed by atoms with Gasteiger partial charge in [0.2, 0.25) is 0 Å². The van der Waals surface area contributed by atoms with E-state index in [0.717, 1.165) is 25.0 Å². The Bertz CT molecular complexity index is 222. The van der Waals surface area contributed by atoms with Gasteiger partial charge in [-0.05, 0) is 19.8 Å². The van der Waals surface area contributed by atoms with Crippen LogP contribution in [-0.2, 0) is 4.79 Å². The molecule has 0 aromatic heterocycles. The second-order valence-corrected chi connectivity index (χ2v) is 3.32. The van der Waals surface area contributed by atoms with Crippen molar-refractivity contribution in [2.45, 2.75) is 32.2 Å². The van der Waals surface area contributed by atoms with Gasteiger partial charge in [0.25, 0.3) is 0 Å². The molecule has 2 aliphatic rings. The van der Waals surface area contributed by atoms with E-state index < -0.39 is 0 Å². The minimum atomic E-state index is 0.101. The zero-order valence-electron chi connectivity index (χ0n) is 6.63. The van der Waals surface area contributed by atoms with E-state index >= 15 is 0 Å². The first-order valence-corrected chi connectivity index (χ1v) is 4.11. The van der Waals surface area contributed by atoms with E-state index in [1.807, 2.05) is 6.92 Å². The van der Waals surface area contributed by atoms with Crippen LogP contribution in [0.1, 0.15) is 26.2 Å². The van der Waals surface area contributed by atoms with Gasteiger partial charge < -0.3 is 5.43 Å². The normalized spacial score (nSPS) is 36.1. The van der Waals surface area contributed by atoms with Crippen LogP contribution in [-0.4, -0.2) is 17.5 Å². The van der Waals surface area contributed by atoms with Crippen LogP contribution in [0.15, 0.2) is 5.10 Å². The van der Waals surface area contributed by atoms with Gasteiger partial charge in [-0.2, -0.15) is 5.10 Å². The third kappa shape index (κ3) is 0.951. The van der Waals surface area contributed by atoms with Crippen molar-refractivity contribution in [3.8, 4) is 0 Å². The second-order valence-electron chi connectivity index (χ2n) is 3.32. The van der Waals surface area contributed by atoms with Crippen LogP contribution < -0.4 is 5.43 Å². The molecule has 0 aromatic carbocycles. The fraction of sp³-hybridized carbons (Fsp3) is 0.750. The molecule has 0 radical (unpaired) electrons. The van der Waals surface area contributed by atoms with E-state index in [4.69, 9.17) is 0 Å². The molecular weight excluding hydrogens is 140 g/mol. The summed E-state index contributed by atoms with van der Waals surface area (Å²) in [5.41, 5.74) is 3.98. The lowest BCUT2D eigenvalue weighted by molar-refractivity contribution is -0.122. The Balaban J connectivity index is 2.21. The molecular formula is C8H12N2O. The van der Waals surface area contributed by atoms with Crippen molar-refractivity contribution in [2.75, 3.05) is 0 Å². The number of nitrogens with one attached hydrogen (secondary N) is 1. The van der Waals surface area contributed by atoms with E-state index in [0.29, 0.717) is 11.8 Å². The second kappa shape index (κ2) is 2.32. The molecule has 1 saturated carbocycles. The van der Waals surface area contributed by atoms with Gasteiger partial charge in [-0.1, -0.05) is 0 Å². The summed E-state index contributed by atoms with van der Waals surface area (Å²) >= 11 is 0. The van der Waals surface area contributed by atoms with Crippen LogP contribution in [0.2, 0.25) is 0 Å². The van der Waals surface area contributed by atoms with Crippen LogP contribution >= 0.6 is 0 Å². The van der Waals surface area contributed by atoms with E-state index in [9.17, 15) is 4.79 Å². The number of hydrogen-bond donors (Lipinski definition) is 1. The quantitative estimate of drug-likeness (QED) is 0.555. The van der Waals surface area contributed by atoms with Crippen molar-refractivity contribution in [1.82, 2.24) is 5.43 Å². The molecule has 3 heteroatoms. The first-order valence-electron chi connectivity index (χ1n) is 4.11. The van der Waals surface area contributed by atoms with Crippen molar-refractivity contribution in [2.24, 2.45) is 11.0 Å². The van der Waals surface area contributed by atoms with Gasteiger partial charge in [-0.15, -0.1) is 0 Å². The number of Topliss-reactive ketones (excluding diaryl/α,β-unsaturated/α-hetero) is 1. The van der Waals surface area contributed by atoms with Crippen molar-refractivity contribution in [3.05, 3.63) is 0 Å². The molecule has 60 valence electrons. The molecule has 1 N–H and O–H groups in total. The van der Waals surface area contributed by atoms with Crippen LogP contribution in [0.25, 0.3) is 0 Å². The van der Waals surface area contributed by atoms with Gasteiger partial charge in [0.15, 0.2) is 0 Å². The van der Waals surface area contributed by atoms with Gasteiger partial charge in [0, 0.05) is 12.1 Å². The van der Waals surface area contributed by atoms with Crippen molar-refractivity contribution in [3.63, 3.8) is 0 Å². The van der Waals surface area contributed by atoms with Gasteiger partial charge in [-0.3, -0.25) is 4.79 Å². The van der Waals surface area contributed by atoms with Gasteiger partial charge in [-0.25, -0.2) is 0 Å². The predicted octanol–water partition coefficient (Wildman–Crippen LogP) is 0.703. The first-order chi connectivity index (χ1) is 5.29. The molecule has 2 atom stereocenters. The minimum absolute atomic E-state index is 0.101. The highest BCUT2D eigenvalue weighted by molar-refractivity contribution is 6.06. The Morgan fingerprint density at radius 3 is 3.18 bits per heavy atom. The summed E-state index contributed by atoms with van der Waals surface area (Å²) in [7, 11) is 0. The van der Waals surface area contributed by atoms with Crippen LogP contribution in [0.3, 0.4) is 0 Å². The third-order valence-corrected chi connectivity index (χ3v) is 2.54. The molecule has 0 unspecified atom stereocenters. The Hall–Kier alpha value is -0.860. The van der Waals surface area contributed by atoms with Crippen LogP contribution in [0.4, 0.5) is 0 Å². The largest absolute Gasteiger partial charge is 0.306 e.